The molecule has 0 aliphatic rings. The van der Waals surface area contributed by atoms with Crippen molar-refractivity contribution in [3.8, 4) is 16.9 Å². The fraction of sp³-hybridized carbons (Fsp3) is 0.115. The number of nitrogens with one attached hydrogen (secondary N) is 2. The van der Waals surface area contributed by atoms with Crippen molar-refractivity contribution >= 4 is 29.3 Å². The van der Waals surface area contributed by atoms with E-state index in [1.54, 1.807) is 22.9 Å². The second-order valence-corrected chi connectivity index (χ2v) is 8.57. The summed E-state index contributed by atoms with van der Waals surface area (Å²) in [5.41, 5.74) is 3.07. The zero-order valence-electron chi connectivity index (χ0n) is 18.6. The van der Waals surface area contributed by atoms with Crippen LogP contribution in [0.3, 0.4) is 0 Å². The molecule has 0 fully saturated rings. The summed E-state index contributed by atoms with van der Waals surface area (Å²) in [6.07, 6.45) is 1.82. The number of rotatable bonds is 9. The molecule has 0 spiro atoms. The van der Waals surface area contributed by atoms with Gasteiger partial charge in [-0.05, 0) is 48.5 Å². The maximum Gasteiger partial charge on any atom is 0.234 e. The van der Waals surface area contributed by atoms with E-state index in [4.69, 9.17) is 0 Å². The zero-order chi connectivity index (χ0) is 24.6. The number of anilines is 1. The molecule has 2 amide bonds. The minimum absolute atomic E-state index is 0.00846. The first-order valence-corrected chi connectivity index (χ1v) is 11.9. The largest absolute Gasteiger partial charge is 0.351 e. The van der Waals surface area contributed by atoms with Crippen LogP contribution < -0.4 is 10.6 Å². The monoisotopic (exact) mass is 492 g/mol. The van der Waals surface area contributed by atoms with Gasteiger partial charge in [0, 0.05) is 23.9 Å². The fourth-order valence-electron chi connectivity index (χ4n) is 3.33. The standard InChI is InChI=1S/C26H22F2N4O2S/c27-20-12-10-18(11-13-20)26-19(15-32(31-26)21-6-2-1-3-7-21)14-29-24(33)16-35-17-25(34)30-23-9-5-4-8-22(23)28/h1-13,15H,14,16-17H2,(H,29,33)(H,30,34). The number of thioether (sulfide) groups is 1. The highest BCUT2D eigenvalue weighted by Crippen LogP contribution is 2.24. The molecule has 0 saturated heterocycles. The number of nitrogens with zero attached hydrogens (tertiary/aromatic N) is 2. The van der Waals surface area contributed by atoms with Gasteiger partial charge in [-0.15, -0.1) is 11.8 Å². The molecule has 3 aromatic carbocycles. The van der Waals surface area contributed by atoms with Crippen molar-refractivity contribution in [3.63, 3.8) is 0 Å². The van der Waals surface area contributed by atoms with Crippen LogP contribution in [0.2, 0.25) is 0 Å². The van der Waals surface area contributed by atoms with Gasteiger partial charge in [0.15, 0.2) is 0 Å². The Balaban J connectivity index is 1.36. The minimum atomic E-state index is -0.517. The van der Waals surface area contributed by atoms with Gasteiger partial charge >= 0.3 is 0 Å². The number of aromatic nitrogens is 2. The Labute approximate surface area is 205 Å². The van der Waals surface area contributed by atoms with Crippen LogP contribution in [0.15, 0.2) is 85.1 Å². The molecule has 1 aromatic heterocycles. The molecule has 178 valence electrons. The smallest absolute Gasteiger partial charge is 0.234 e. The normalized spacial score (nSPS) is 10.7. The summed E-state index contributed by atoms with van der Waals surface area (Å²) < 4.78 is 28.8. The summed E-state index contributed by atoms with van der Waals surface area (Å²) in [6, 6.07) is 21.4. The van der Waals surface area contributed by atoms with Crippen LogP contribution in [0, 0.1) is 11.6 Å². The average molecular weight is 493 g/mol. The molecule has 0 bridgehead atoms. The number of carbonyl (C=O) groups is 2. The van der Waals surface area contributed by atoms with Gasteiger partial charge in [-0.1, -0.05) is 30.3 Å². The van der Waals surface area contributed by atoms with Crippen LogP contribution in [0.5, 0.6) is 0 Å². The lowest BCUT2D eigenvalue weighted by Crippen LogP contribution is -2.25. The first-order chi connectivity index (χ1) is 17.0. The van der Waals surface area contributed by atoms with Crippen molar-refractivity contribution in [3.05, 3.63) is 102 Å². The molecule has 0 aliphatic heterocycles. The van der Waals surface area contributed by atoms with Crippen molar-refractivity contribution in [1.82, 2.24) is 15.1 Å². The molecule has 1 heterocycles. The summed E-state index contributed by atoms with van der Waals surface area (Å²) in [5, 5.41) is 9.97. The van der Waals surface area contributed by atoms with Gasteiger partial charge in [0.25, 0.3) is 0 Å². The third kappa shape index (κ3) is 6.54. The highest BCUT2D eigenvalue weighted by molar-refractivity contribution is 8.00. The molecule has 0 atom stereocenters. The Morgan fingerprint density at radius 1 is 0.857 bits per heavy atom. The number of benzene rings is 3. The van der Waals surface area contributed by atoms with E-state index in [0.29, 0.717) is 5.69 Å². The number of carbonyl (C=O) groups excluding carboxylic acids is 2. The number of halogens is 2. The Morgan fingerprint density at radius 2 is 1.54 bits per heavy atom. The van der Waals surface area contributed by atoms with E-state index in [0.717, 1.165) is 28.6 Å². The van der Waals surface area contributed by atoms with Gasteiger partial charge in [0.2, 0.25) is 11.8 Å². The molecule has 4 aromatic rings. The van der Waals surface area contributed by atoms with Gasteiger partial charge in [-0.2, -0.15) is 5.10 Å². The third-order valence-electron chi connectivity index (χ3n) is 5.02. The predicted octanol–water partition coefficient (Wildman–Crippen LogP) is 4.81. The van der Waals surface area contributed by atoms with Crippen molar-refractivity contribution in [2.75, 3.05) is 16.8 Å². The molecule has 4 rings (SSSR count). The molecular formula is C26H22F2N4O2S. The predicted molar refractivity (Wildman–Crippen MR) is 133 cm³/mol. The van der Waals surface area contributed by atoms with E-state index in [2.05, 4.69) is 15.7 Å². The lowest BCUT2D eigenvalue weighted by molar-refractivity contribution is -0.118. The van der Waals surface area contributed by atoms with E-state index >= 15 is 0 Å². The van der Waals surface area contributed by atoms with Gasteiger partial charge in [-0.3, -0.25) is 9.59 Å². The van der Waals surface area contributed by atoms with Gasteiger partial charge in [0.05, 0.1) is 28.6 Å². The first-order valence-electron chi connectivity index (χ1n) is 10.8. The minimum Gasteiger partial charge on any atom is -0.351 e. The maximum absolute atomic E-state index is 13.6. The topological polar surface area (TPSA) is 76.0 Å². The average Bonchev–Trinajstić information content (AvgIpc) is 3.29. The molecule has 0 aliphatic carbocycles. The molecule has 0 saturated carbocycles. The van der Waals surface area contributed by atoms with Gasteiger partial charge in [-0.25, -0.2) is 13.5 Å². The van der Waals surface area contributed by atoms with Crippen LogP contribution in [0.25, 0.3) is 16.9 Å². The van der Waals surface area contributed by atoms with Crippen molar-refractivity contribution in [2.24, 2.45) is 0 Å². The van der Waals surface area contributed by atoms with Crippen LogP contribution in [0.4, 0.5) is 14.5 Å². The molecule has 0 unspecified atom stereocenters. The summed E-state index contributed by atoms with van der Waals surface area (Å²) in [6.45, 7) is 0.209. The second kappa shape index (κ2) is 11.4. The lowest BCUT2D eigenvalue weighted by Gasteiger charge is -2.07. The van der Waals surface area contributed by atoms with E-state index in [-0.39, 0.29) is 35.5 Å². The Kier molecular flexibility index (Phi) is 7.89. The summed E-state index contributed by atoms with van der Waals surface area (Å²) in [7, 11) is 0. The number of hydrogen-bond acceptors (Lipinski definition) is 4. The number of amides is 2. The van der Waals surface area contributed by atoms with Gasteiger partial charge in [0.1, 0.15) is 11.6 Å². The highest BCUT2D eigenvalue weighted by Gasteiger charge is 2.14. The Bertz CT molecular complexity index is 1310. The van der Waals surface area contributed by atoms with E-state index in [1.807, 2.05) is 36.5 Å². The second-order valence-electron chi connectivity index (χ2n) is 7.59. The lowest BCUT2D eigenvalue weighted by atomic mass is 10.1. The van der Waals surface area contributed by atoms with E-state index in [1.165, 1.54) is 30.3 Å². The van der Waals surface area contributed by atoms with Crippen LogP contribution in [-0.2, 0) is 16.1 Å². The van der Waals surface area contributed by atoms with Crippen molar-refractivity contribution < 1.29 is 18.4 Å². The third-order valence-corrected chi connectivity index (χ3v) is 5.95. The van der Waals surface area contributed by atoms with Crippen LogP contribution >= 0.6 is 11.8 Å². The highest BCUT2D eigenvalue weighted by atomic mass is 32.2. The number of hydrogen-bond donors (Lipinski definition) is 2. The summed E-state index contributed by atoms with van der Waals surface area (Å²) in [4.78, 5) is 24.4. The van der Waals surface area contributed by atoms with Crippen LogP contribution in [-0.4, -0.2) is 33.1 Å². The summed E-state index contributed by atoms with van der Waals surface area (Å²) in [5.74, 6) is -1.45. The maximum atomic E-state index is 13.6. The Hall–Kier alpha value is -3.98. The van der Waals surface area contributed by atoms with Crippen molar-refractivity contribution in [2.45, 2.75) is 6.54 Å². The molecule has 2 N–H and O–H groups in total. The molecule has 35 heavy (non-hydrogen) atoms. The molecule has 0 radical (unpaired) electrons. The SMILES string of the molecule is O=C(CSCC(=O)Nc1ccccc1F)NCc1cn(-c2ccccc2)nc1-c1ccc(F)cc1. The Morgan fingerprint density at radius 3 is 2.29 bits per heavy atom. The van der Waals surface area contributed by atoms with E-state index < -0.39 is 11.7 Å². The number of para-hydroxylation sites is 2. The van der Waals surface area contributed by atoms with Gasteiger partial charge < -0.3 is 10.6 Å². The van der Waals surface area contributed by atoms with E-state index in [9.17, 15) is 18.4 Å². The zero-order valence-corrected chi connectivity index (χ0v) is 19.4. The summed E-state index contributed by atoms with van der Waals surface area (Å²) >= 11 is 1.12. The molecule has 6 nitrogen and oxygen atoms in total. The first kappa shape index (κ1) is 24.2. The molecule has 9 heteroatoms. The van der Waals surface area contributed by atoms with Crippen LogP contribution in [0.1, 0.15) is 5.56 Å². The molecular weight excluding hydrogens is 470 g/mol. The van der Waals surface area contributed by atoms with Crippen molar-refractivity contribution in [1.29, 1.82) is 0 Å². The fourth-order valence-corrected chi connectivity index (χ4v) is 3.98. The quantitative estimate of drug-likeness (QED) is 0.352.